The summed E-state index contributed by atoms with van der Waals surface area (Å²) in [5.74, 6) is 5.75. The molecule has 2 N–H and O–H groups in total. The Morgan fingerprint density at radius 2 is 2.25 bits per heavy atom. The van der Waals surface area contributed by atoms with Crippen LogP contribution in [0.25, 0.3) is 10.9 Å². The lowest BCUT2D eigenvalue weighted by atomic mass is 10.2. The first-order valence-corrected chi connectivity index (χ1v) is 6.76. The number of nitrogen functional groups attached to an aromatic ring is 1. The minimum absolute atomic E-state index is 0.296. The Hall–Kier alpha value is -2.28. The van der Waals surface area contributed by atoms with Gasteiger partial charge in [0.05, 0.1) is 18.0 Å². The molecule has 1 aromatic heterocycles. The maximum absolute atomic E-state index is 12.0. The second-order valence-electron chi connectivity index (χ2n) is 3.82. The molecule has 0 atom stereocenters. The van der Waals surface area contributed by atoms with Crippen LogP contribution in [0, 0.1) is 0 Å². The Morgan fingerprint density at radius 3 is 3.00 bits per heavy atom. The third-order valence-corrected chi connectivity index (χ3v) is 3.44. The van der Waals surface area contributed by atoms with E-state index < -0.39 is 5.97 Å². The number of benzene rings is 1. The molecular formula is C13H13N3O3S. The summed E-state index contributed by atoms with van der Waals surface area (Å²) in [5.41, 5.74) is 0.300. The number of nitrogens with zero attached hydrogens (tertiary/aromatic N) is 2. The lowest BCUT2D eigenvalue weighted by Crippen LogP contribution is -2.29. The zero-order valence-corrected chi connectivity index (χ0v) is 11.6. The van der Waals surface area contributed by atoms with Crippen molar-refractivity contribution in [2.24, 2.45) is 0 Å². The van der Waals surface area contributed by atoms with Crippen molar-refractivity contribution in [1.82, 2.24) is 9.66 Å². The van der Waals surface area contributed by atoms with E-state index in [2.05, 4.69) is 9.72 Å². The van der Waals surface area contributed by atoms with Gasteiger partial charge in [-0.05, 0) is 12.1 Å². The molecule has 0 bridgehead atoms. The first-order valence-electron chi connectivity index (χ1n) is 5.77. The minimum atomic E-state index is -0.429. The molecule has 2 aromatic rings. The van der Waals surface area contributed by atoms with E-state index in [1.807, 2.05) is 0 Å². The predicted octanol–water partition coefficient (Wildman–Crippen LogP) is 0.932. The molecule has 2 rings (SSSR count). The van der Waals surface area contributed by atoms with Crippen LogP contribution in [0.3, 0.4) is 0 Å². The largest absolute Gasteiger partial charge is 0.466 e. The molecule has 0 amide bonds. The minimum Gasteiger partial charge on any atom is -0.466 e. The van der Waals surface area contributed by atoms with Crippen LogP contribution in [0.15, 0.2) is 46.4 Å². The van der Waals surface area contributed by atoms with Crippen molar-refractivity contribution < 1.29 is 9.53 Å². The maximum atomic E-state index is 12.0. The van der Waals surface area contributed by atoms with E-state index >= 15 is 0 Å². The van der Waals surface area contributed by atoms with E-state index in [0.29, 0.717) is 21.8 Å². The average Bonchev–Trinajstić information content (AvgIpc) is 2.48. The summed E-state index contributed by atoms with van der Waals surface area (Å²) in [5, 5.41) is 0.868. The highest BCUT2D eigenvalue weighted by Crippen LogP contribution is 2.15. The van der Waals surface area contributed by atoms with E-state index in [4.69, 9.17) is 5.84 Å². The highest BCUT2D eigenvalue weighted by molar-refractivity contribution is 7.99. The average molecular weight is 291 g/mol. The zero-order chi connectivity index (χ0) is 14.5. The fraction of sp³-hybridized carbons (Fsp3) is 0.154. The number of carbonyl (C=O) groups excluding carboxylic acids is 1. The first kappa shape index (κ1) is 14.1. The Balaban J connectivity index is 2.23. The molecule has 0 saturated carbocycles. The van der Waals surface area contributed by atoms with Gasteiger partial charge >= 0.3 is 5.97 Å². The molecule has 7 heteroatoms. The van der Waals surface area contributed by atoms with Crippen LogP contribution in [-0.4, -0.2) is 28.5 Å². The molecule has 0 spiro atoms. The topological polar surface area (TPSA) is 87.2 Å². The highest BCUT2D eigenvalue weighted by atomic mass is 32.2. The van der Waals surface area contributed by atoms with Gasteiger partial charge in [0.25, 0.3) is 5.56 Å². The first-order chi connectivity index (χ1) is 9.63. The molecule has 0 radical (unpaired) electrons. The Kier molecular flexibility index (Phi) is 4.41. The van der Waals surface area contributed by atoms with E-state index in [1.54, 1.807) is 30.3 Å². The van der Waals surface area contributed by atoms with E-state index in [-0.39, 0.29) is 5.56 Å². The van der Waals surface area contributed by atoms with Crippen molar-refractivity contribution in [3.8, 4) is 0 Å². The molecule has 0 aliphatic heterocycles. The fourth-order valence-electron chi connectivity index (χ4n) is 1.56. The molecule has 0 unspecified atom stereocenters. The lowest BCUT2D eigenvalue weighted by Gasteiger charge is -2.06. The van der Waals surface area contributed by atoms with Gasteiger partial charge in [0.2, 0.25) is 0 Å². The van der Waals surface area contributed by atoms with Crippen molar-refractivity contribution in [3.63, 3.8) is 0 Å². The summed E-state index contributed by atoms with van der Waals surface area (Å²) in [4.78, 5) is 27.3. The summed E-state index contributed by atoms with van der Waals surface area (Å²) in [6, 6.07) is 7.00. The van der Waals surface area contributed by atoms with Crippen molar-refractivity contribution in [1.29, 1.82) is 0 Å². The SMILES string of the molecule is COC(=O)/C=C\CSc1nc2ccccc2c(=O)n1N. The molecule has 20 heavy (non-hydrogen) atoms. The summed E-state index contributed by atoms with van der Waals surface area (Å²) < 4.78 is 5.49. The van der Waals surface area contributed by atoms with Gasteiger partial charge in [0.1, 0.15) is 0 Å². The number of ether oxygens (including phenoxy) is 1. The van der Waals surface area contributed by atoms with Gasteiger partial charge in [-0.3, -0.25) is 4.79 Å². The normalized spacial score (nSPS) is 11.1. The number of hydrogen-bond acceptors (Lipinski definition) is 6. The number of methoxy groups -OCH3 is 1. The molecule has 1 heterocycles. The number of thioether (sulfide) groups is 1. The van der Waals surface area contributed by atoms with Gasteiger partial charge in [-0.2, -0.15) is 0 Å². The Morgan fingerprint density at radius 1 is 1.50 bits per heavy atom. The van der Waals surface area contributed by atoms with Crippen LogP contribution < -0.4 is 11.4 Å². The molecule has 6 nitrogen and oxygen atoms in total. The van der Waals surface area contributed by atoms with Gasteiger partial charge in [-0.1, -0.05) is 30.0 Å². The summed E-state index contributed by atoms with van der Waals surface area (Å²) in [6.07, 6.45) is 2.94. The number of fused-ring (bicyclic) bond motifs is 1. The van der Waals surface area contributed by atoms with Gasteiger partial charge in [-0.15, -0.1) is 0 Å². The Labute approximate surface area is 119 Å². The van der Waals surface area contributed by atoms with Crippen LogP contribution in [-0.2, 0) is 9.53 Å². The molecule has 0 aliphatic rings. The van der Waals surface area contributed by atoms with Crippen molar-refractivity contribution in [3.05, 3.63) is 46.8 Å². The van der Waals surface area contributed by atoms with Crippen molar-refractivity contribution in [2.45, 2.75) is 5.16 Å². The van der Waals surface area contributed by atoms with Crippen molar-refractivity contribution >= 4 is 28.6 Å². The van der Waals surface area contributed by atoms with Crippen LogP contribution in [0.2, 0.25) is 0 Å². The standard InChI is InChI=1S/C13H13N3O3S/c1-19-11(17)7-4-8-20-13-15-10-6-3-2-5-9(10)12(18)16(13)14/h2-7H,8,14H2,1H3/b7-4-. The second kappa shape index (κ2) is 6.25. The number of aromatic nitrogens is 2. The predicted molar refractivity (Wildman–Crippen MR) is 78.0 cm³/mol. The second-order valence-corrected chi connectivity index (χ2v) is 4.81. The molecule has 0 saturated heterocycles. The van der Waals surface area contributed by atoms with Crippen molar-refractivity contribution in [2.75, 3.05) is 18.7 Å². The summed E-state index contributed by atoms with van der Waals surface area (Å²) in [6.45, 7) is 0. The van der Waals surface area contributed by atoms with Crippen LogP contribution in [0.5, 0.6) is 0 Å². The molecule has 0 aliphatic carbocycles. The van der Waals surface area contributed by atoms with E-state index in [9.17, 15) is 9.59 Å². The molecular weight excluding hydrogens is 278 g/mol. The monoisotopic (exact) mass is 291 g/mol. The fourth-order valence-corrected chi connectivity index (χ4v) is 2.29. The van der Waals surface area contributed by atoms with Crippen LogP contribution in [0.1, 0.15) is 0 Å². The number of hydrogen-bond donors (Lipinski definition) is 1. The summed E-state index contributed by atoms with van der Waals surface area (Å²) in [7, 11) is 1.31. The van der Waals surface area contributed by atoms with Gasteiger partial charge in [0.15, 0.2) is 5.16 Å². The maximum Gasteiger partial charge on any atom is 0.330 e. The van der Waals surface area contributed by atoms with Crippen LogP contribution in [0.4, 0.5) is 0 Å². The molecule has 1 aromatic carbocycles. The van der Waals surface area contributed by atoms with E-state index in [0.717, 1.165) is 4.68 Å². The van der Waals surface area contributed by atoms with Crippen LogP contribution >= 0.6 is 11.8 Å². The van der Waals surface area contributed by atoms with E-state index in [1.165, 1.54) is 24.9 Å². The number of nitrogens with two attached hydrogens (primary N) is 1. The number of esters is 1. The molecule has 104 valence electrons. The molecule has 0 fully saturated rings. The quantitative estimate of drug-likeness (QED) is 0.296. The van der Waals surface area contributed by atoms with Gasteiger partial charge in [-0.25, -0.2) is 14.5 Å². The smallest absolute Gasteiger partial charge is 0.330 e. The number of carbonyl (C=O) groups is 1. The van der Waals surface area contributed by atoms with Gasteiger partial charge in [0, 0.05) is 11.8 Å². The lowest BCUT2D eigenvalue weighted by molar-refractivity contribution is -0.134. The third-order valence-electron chi connectivity index (χ3n) is 2.54. The zero-order valence-electron chi connectivity index (χ0n) is 10.8. The number of para-hydroxylation sites is 1. The van der Waals surface area contributed by atoms with Gasteiger partial charge < -0.3 is 10.6 Å². The number of rotatable bonds is 4. The third kappa shape index (κ3) is 3.00. The summed E-state index contributed by atoms with van der Waals surface area (Å²) >= 11 is 1.26. The Bertz CT molecular complexity index is 724. The highest BCUT2D eigenvalue weighted by Gasteiger charge is 2.08.